The molecule has 0 saturated carbocycles. The van der Waals surface area contributed by atoms with Gasteiger partial charge in [0.05, 0.1) is 0 Å². The zero-order valence-electron chi connectivity index (χ0n) is 16.1. The summed E-state index contributed by atoms with van der Waals surface area (Å²) in [6.45, 7) is 1.09. The summed E-state index contributed by atoms with van der Waals surface area (Å²) in [4.78, 5) is 41.4. The number of fused-ring (bicyclic) bond motifs is 1. The van der Waals surface area contributed by atoms with E-state index in [1.54, 1.807) is 4.90 Å². The molecular formula is C21H29N3O4. The Balaban J connectivity index is 1.83. The van der Waals surface area contributed by atoms with Crippen LogP contribution in [0.15, 0.2) is 30.3 Å². The van der Waals surface area contributed by atoms with Crippen molar-refractivity contribution in [2.45, 2.75) is 63.1 Å². The minimum Gasteiger partial charge on any atom is -0.480 e. The van der Waals surface area contributed by atoms with E-state index >= 15 is 0 Å². The molecule has 7 nitrogen and oxygen atoms in total. The Bertz CT molecular complexity index is 709. The molecule has 2 amide bonds. The van der Waals surface area contributed by atoms with Crippen molar-refractivity contribution in [1.82, 2.24) is 9.80 Å². The average Bonchev–Trinajstić information content (AvgIpc) is 3.18. The first-order valence-corrected chi connectivity index (χ1v) is 10.1. The van der Waals surface area contributed by atoms with Crippen LogP contribution in [0.1, 0.15) is 44.1 Å². The number of hydrogen-bond acceptors (Lipinski definition) is 4. The molecule has 7 heteroatoms. The quantitative estimate of drug-likeness (QED) is 0.624. The highest BCUT2D eigenvalue weighted by molar-refractivity contribution is 5.99. The number of hydrogen-bond donors (Lipinski definition) is 2. The first-order valence-electron chi connectivity index (χ1n) is 10.1. The van der Waals surface area contributed by atoms with Gasteiger partial charge in [-0.05, 0) is 57.1 Å². The number of carboxylic acid groups (broad SMARTS) is 1. The lowest BCUT2D eigenvalue weighted by atomic mass is 9.95. The average molecular weight is 387 g/mol. The van der Waals surface area contributed by atoms with Gasteiger partial charge in [-0.2, -0.15) is 0 Å². The molecule has 0 bridgehead atoms. The van der Waals surface area contributed by atoms with Gasteiger partial charge >= 0.3 is 5.97 Å². The summed E-state index contributed by atoms with van der Waals surface area (Å²) in [6, 6.07) is 7.41. The predicted octanol–water partition coefficient (Wildman–Crippen LogP) is 1.40. The van der Waals surface area contributed by atoms with E-state index in [-0.39, 0.29) is 11.8 Å². The SMILES string of the molecule is NCCCC[C@@H]1C(=O)N2CCCC2C(=O)N1[C@H](CCc1ccccc1)C(=O)O. The van der Waals surface area contributed by atoms with E-state index in [0.717, 1.165) is 18.4 Å². The Labute approximate surface area is 165 Å². The second-order valence-electron chi connectivity index (χ2n) is 7.61. The van der Waals surface area contributed by atoms with Crippen LogP contribution in [0.3, 0.4) is 0 Å². The van der Waals surface area contributed by atoms with Crippen molar-refractivity contribution in [1.29, 1.82) is 0 Å². The number of carbonyl (C=O) groups is 3. The Morgan fingerprint density at radius 2 is 1.93 bits per heavy atom. The van der Waals surface area contributed by atoms with Gasteiger partial charge in [0.15, 0.2) is 0 Å². The Morgan fingerprint density at radius 1 is 1.18 bits per heavy atom. The third-order valence-electron chi connectivity index (χ3n) is 5.80. The van der Waals surface area contributed by atoms with Gasteiger partial charge in [0.1, 0.15) is 18.1 Å². The summed E-state index contributed by atoms with van der Waals surface area (Å²) in [5.74, 6) is -1.37. The zero-order valence-corrected chi connectivity index (χ0v) is 16.1. The van der Waals surface area contributed by atoms with Crippen LogP contribution in [0, 0.1) is 0 Å². The molecule has 0 aromatic heterocycles. The Hall–Kier alpha value is -2.41. The van der Waals surface area contributed by atoms with Gasteiger partial charge in [0, 0.05) is 6.54 Å². The van der Waals surface area contributed by atoms with Crippen LogP contribution in [0.4, 0.5) is 0 Å². The maximum Gasteiger partial charge on any atom is 0.326 e. The number of nitrogens with two attached hydrogens (primary N) is 1. The first kappa shape index (κ1) is 20.3. The largest absolute Gasteiger partial charge is 0.480 e. The molecule has 2 heterocycles. The lowest BCUT2D eigenvalue weighted by molar-refractivity contribution is -0.168. The molecule has 2 aliphatic rings. The Morgan fingerprint density at radius 3 is 2.61 bits per heavy atom. The second-order valence-corrected chi connectivity index (χ2v) is 7.61. The lowest BCUT2D eigenvalue weighted by Crippen LogP contribution is -2.66. The second kappa shape index (κ2) is 9.19. The van der Waals surface area contributed by atoms with E-state index < -0.39 is 24.1 Å². The van der Waals surface area contributed by atoms with Gasteiger partial charge in [0.25, 0.3) is 0 Å². The number of aryl methyl sites for hydroxylation is 1. The summed E-state index contributed by atoms with van der Waals surface area (Å²) < 4.78 is 0. The summed E-state index contributed by atoms with van der Waals surface area (Å²) in [6.07, 6.45) is 4.13. The minimum absolute atomic E-state index is 0.106. The molecule has 2 fully saturated rings. The van der Waals surface area contributed by atoms with E-state index in [2.05, 4.69) is 0 Å². The van der Waals surface area contributed by atoms with Crippen LogP contribution in [0.25, 0.3) is 0 Å². The van der Waals surface area contributed by atoms with Crippen molar-refractivity contribution in [3.8, 4) is 0 Å². The van der Waals surface area contributed by atoms with Gasteiger partial charge in [-0.1, -0.05) is 30.3 Å². The molecule has 0 aliphatic carbocycles. The number of rotatable bonds is 9. The van der Waals surface area contributed by atoms with Crippen molar-refractivity contribution < 1.29 is 19.5 Å². The molecule has 3 atom stereocenters. The monoisotopic (exact) mass is 387 g/mol. The topological polar surface area (TPSA) is 104 Å². The number of piperazine rings is 1. The molecule has 1 aromatic carbocycles. The molecule has 2 saturated heterocycles. The van der Waals surface area contributed by atoms with Gasteiger partial charge in [-0.15, -0.1) is 0 Å². The zero-order chi connectivity index (χ0) is 20.1. The number of unbranched alkanes of at least 4 members (excludes halogenated alkanes) is 1. The van der Waals surface area contributed by atoms with E-state index in [1.807, 2.05) is 30.3 Å². The van der Waals surface area contributed by atoms with Crippen molar-refractivity contribution >= 4 is 17.8 Å². The molecule has 0 radical (unpaired) electrons. The lowest BCUT2D eigenvalue weighted by Gasteiger charge is -2.45. The smallest absolute Gasteiger partial charge is 0.326 e. The summed E-state index contributed by atoms with van der Waals surface area (Å²) in [7, 11) is 0. The van der Waals surface area contributed by atoms with E-state index in [9.17, 15) is 19.5 Å². The van der Waals surface area contributed by atoms with Crippen molar-refractivity contribution in [3.63, 3.8) is 0 Å². The fraction of sp³-hybridized carbons (Fsp3) is 0.571. The van der Waals surface area contributed by atoms with E-state index in [4.69, 9.17) is 5.73 Å². The van der Waals surface area contributed by atoms with Crippen LogP contribution in [-0.2, 0) is 20.8 Å². The number of benzene rings is 1. The van der Waals surface area contributed by atoms with Gasteiger partial charge in [0.2, 0.25) is 11.8 Å². The third kappa shape index (κ3) is 4.19. The van der Waals surface area contributed by atoms with Crippen LogP contribution in [0.2, 0.25) is 0 Å². The molecule has 152 valence electrons. The molecule has 1 unspecified atom stereocenters. The third-order valence-corrected chi connectivity index (χ3v) is 5.80. The number of amides is 2. The fourth-order valence-electron chi connectivity index (χ4n) is 4.37. The molecular weight excluding hydrogens is 358 g/mol. The number of nitrogens with zero attached hydrogens (tertiary/aromatic N) is 2. The van der Waals surface area contributed by atoms with Crippen LogP contribution in [-0.4, -0.2) is 63.9 Å². The highest BCUT2D eigenvalue weighted by Crippen LogP contribution is 2.31. The Kier molecular flexibility index (Phi) is 6.67. The van der Waals surface area contributed by atoms with Gasteiger partial charge < -0.3 is 20.6 Å². The molecule has 1 aromatic rings. The maximum absolute atomic E-state index is 13.2. The van der Waals surface area contributed by atoms with E-state index in [0.29, 0.717) is 45.2 Å². The summed E-state index contributed by atoms with van der Waals surface area (Å²) in [5, 5.41) is 9.90. The van der Waals surface area contributed by atoms with Crippen LogP contribution in [0.5, 0.6) is 0 Å². The summed E-state index contributed by atoms with van der Waals surface area (Å²) in [5.41, 5.74) is 6.60. The minimum atomic E-state index is -1.05. The maximum atomic E-state index is 13.2. The molecule has 28 heavy (non-hydrogen) atoms. The highest BCUT2D eigenvalue weighted by Gasteiger charge is 2.50. The normalized spacial score (nSPS) is 23.0. The first-order chi connectivity index (χ1) is 13.5. The molecule has 2 aliphatic heterocycles. The van der Waals surface area contributed by atoms with Crippen LogP contribution >= 0.6 is 0 Å². The van der Waals surface area contributed by atoms with E-state index in [1.165, 1.54) is 4.90 Å². The molecule has 3 N–H and O–H groups in total. The highest BCUT2D eigenvalue weighted by atomic mass is 16.4. The molecule has 3 rings (SSSR count). The van der Waals surface area contributed by atoms with Crippen molar-refractivity contribution in [2.24, 2.45) is 5.73 Å². The van der Waals surface area contributed by atoms with Crippen molar-refractivity contribution in [3.05, 3.63) is 35.9 Å². The summed E-state index contributed by atoms with van der Waals surface area (Å²) >= 11 is 0. The van der Waals surface area contributed by atoms with Gasteiger partial charge in [-0.3, -0.25) is 9.59 Å². The number of carboxylic acids is 1. The standard InChI is InChI=1S/C21H29N3O4/c22-13-5-4-9-17-19(25)23-14-6-10-16(23)20(26)24(17)18(21(27)28)12-11-15-7-2-1-3-8-15/h1-3,7-8,16-18H,4-6,9-14,22H2,(H,27,28)/t16?,17-,18-/m1/s1. The predicted molar refractivity (Wildman–Crippen MR) is 104 cm³/mol. The van der Waals surface area contributed by atoms with Crippen molar-refractivity contribution in [2.75, 3.05) is 13.1 Å². The number of aliphatic carboxylic acids is 1. The van der Waals surface area contributed by atoms with Crippen LogP contribution < -0.4 is 5.73 Å². The van der Waals surface area contributed by atoms with Gasteiger partial charge in [-0.25, -0.2) is 4.79 Å². The molecule has 0 spiro atoms. The fourth-order valence-corrected chi connectivity index (χ4v) is 4.37. The number of carbonyl (C=O) groups excluding carboxylic acids is 2.